The summed E-state index contributed by atoms with van der Waals surface area (Å²) < 4.78 is 36.7. The molecule has 0 aliphatic carbocycles. The van der Waals surface area contributed by atoms with Crippen molar-refractivity contribution in [3.63, 3.8) is 0 Å². The largest absolute Gasteiger partial charge is 0.872 e. The highest BCUT2D eigenvalue weighted by atomic mass is 19.1. The monoisotopic (exact) mass is 558 g/mol. The Morgan fingerprint density at radius 3 is 2.12 bits per heavy atom. The van der Waals surface area contributed by atoms with Gasteiger partial charge in [0, 0.05) is 18.5 Å². The molecule has 0 aromatic heterocycles. The van der Waals surface area contributed by atoms with Crippen LogP contribution in [-0.2, 0) is 9.59 Å². The number of benzene rings is 2. The Bertz CT molecular complexity index is 1230. The molecule has 0 spiro atoms. The van der Waals surface area contributed by atoms with Gasteiger partial charge in [0.2, 0.25) is 11.5 Å². The van der Waals surface area contributed by atoms with Crippen LogP contribution in [0.4, 0.5) is 4.39 Å². The standard InChI is InChI=1S/C30H39FN2O7/c1-8-32(9-2)13-10-14-33-26(20-16-23(37-5)29(39-7)24(17-20)38-6)25(28(35)30(33)36)27(34)19-11-12-22(21(31)15-19)40-18(3)4/h11-12,15-18,26,34H,8-10,13-14H2,1-7H3/b27-25+. The van der Waals surface area contributed by atoms with Crippen LogP contribution in [0.15, 0.2) is 35.9 Å². The molecule has 0 bridgehead atoms. The predicted molar refractivity (Wildman–Crippen MR) is 146 cm³/mol. The van der Waals surface area contributed by atoms with Gasteiger partial charge in [0.1, 0.15) is 0 Å². The van der Waals surface area contributed by atoms with Gasteiger partial charge in [-0.1, -0.05) is 11.8 Å². The molecule has 1 heterocycles. The fraction of sp³-hybridized carbons (Fsp3) is 0.467. The molecular weight excluding hydrogens is 519 g/mol. The second kappa shape index (κ2) is 13.5. The van der Waals surface area contributed by atoms with Crippen molar-refractivity contribution >= 4 is 17.4 Å². The average Bonchev–Trinajstić information content (AvgIpc) is 3.19. The van der Waals surface area contributed by atoms with Crippen molar-refractivity contribution in [3.8, 4) is 23.0 Å². The van der Waals surface area contributed by atoms with Crippen LogP contribution in [0.25, 0.3) is 5.76 Å². The summed E-state index contributed by atoms with van der Waals surface area (Å²) in [5.41, 5.74) is 0.121. The van der Waals surface area contributed by atoms with Crippen LogP contribution in [0.2, 0.25) is 0 Å². The summed E-state index contributed by atoms with van der Waals surface area (Å²) in [6.45, 7) is 10.6. The molecule has 3 rings (SSSR count). The molecule has 1 amide bonds. The number of Topliss-reactive ketones (excluding diaryl/α,β-unsaturated/α-hetero) is 1. The van der Waals surface area contributed by atoms with Gasteiger partial charge in [-0.15, -0.1) is 0 Å². The molecule has 1 saturated heterocycles. The summed E-state index contributed by atoms with van der Waals surface area (Å²) in [7, 11) is 4.37. The smallest absolute Gasteiger partial charge is 0.295 e. The Kier molecular flexibility index (Phi) is 10.4. The van der Waals surface area contributed by atoms with Crippen molar-refractivity contribution in [1.29, 1.82) is 0 Å². The maximum absolute atomic E-state index is 14.8. The van der Waals surface area contributed by atoms with E-state index >= 15 is 0 Å². The fourth-order valence-electron chi connectivity index (χ4n) is 4.96. The van der Waals surface area contributed by atoms with Gasteiger partial charge in [0.05, 0.1) is 53.1 Å². The molecule has 0 saturated carbocycles. The van der Waals surface area contributed by atoms with Gasteiger partial charge in [-0.2, -0.15) is 0 Å². The van der Waals surface area contributed by atoms with Crippen molar-refractivity contribution in [2.75, 3.05) is 47.5 Å². The van der Waals surface area contributed by atoms with Crippen LogP contribution in [0.3, 0.4) is 0 Å². The molecule has 2 aromatic carbocycles. The lowest BCUT2D eigenvalue weighted by Crippen LogP contribution is -3.11. The molecule has 218 valence electrons. The van der Waals surface area contributed by atoms with E-state index in [4.69, 9.17) is 18.9 Å². The highest BCUT2D eigenvalue weighted by Crippen LogP contribution is 2.45. The Hall–Kier alpha value is -3.79. The number of hydrogen-bond donors (Lipinski definition) is 1. The first-order chi connectivity index (χ1) is 19.1. The summed E-state index contributed by atoms with van der Waals surface area (Å²) in [5, 5.41) is 13.8. The third-order valence-electron chi connectivity index (χ3n) is 7.02. The van der Waals surface area contributed by atoms with Crippen LogP contribution < -0.4 is 29.0 Å². The number of carbonyl (C=O) groups is 2. The van der Waals surface area contributed by atoms with Gasteiger partial charge in [0.25, 0.3) is 5.91 Å². The maximum Gasteiger partial charge on any atom is 0.295 e. The van der Waals surface area contributed by atoms with Gasteiger partial charge in [0.15, 0.2) is 23.1 Å². The van der Waals surface area contributed by atoms with E-state index in [0.717, 1.165) is 25.7 Å². The number of quaternary nitrogens is 1. The minimum Gasteiger partial charge on any atom is -0.872 e. The second-order valence-electron chi connectivity index (χ2n) is 9.80. The van der Waals surface area contributed by atoms with E-state index in [1.165, 1.54) is 43.3 Å². The first-order valence-electron chi connectivity index (χ1n) is 13.5. The third kappa shape index (κ3) is 6.33. The lowest BCUT2D eigenvalue weighted by atomic mass is 9.94. The maximum atomic E-state index is 14.8. The number of rotatable bonds is 13. The Balaban J connectivity index is 2.17. The Morgan fingerprint density at radius 2 is 1.62 bits per heavy atom. The Morgan fingerprint density at radius 1 is 1.00 bits per heavy atom. The number of nitrogens with zero attached hydrogens (tertiary/aromatic N) is 1. The van der Waals surface area contributed by atoms with Gasteiger partial charge < -0.3 is 33.9 Å². The quantitative estimate of drug-likeness (QED) is 0.229. The van der Waals surface area contributed by atoms with Crippen molar-refractivity contribution in [1.82, 2.24) is 4.90 Å². The van der Waals surface area contributed by atoms with E-state index in [1.807, 2.05) is 0 Å². The Labute approximate surface area is 235 Å². The highest BCUT2D eigenvalue weighted by Gasteiger charge is 2.44. The van der Waals surface area contributed by atoms with Gasteiger partial charge in [-0.25, -0.2) is 4.39 Å². The van der Waals surface area contributed by atoms with E-state index in [1.54, 1.807) is 26.0 Å². The zero-order valence-corrected chi connectivity index (χ0v) is 24.3. The first-order valence-corrected chi connectivity index (χ1v) is 13.5. The van der Waals surface area contributed by atoms with Gasteiger partial charge in [-0.05, 0) is 63.1 Å². The minimum absolute atomic E-state index is 0.00733. The number of nitrogens with one attached hydrogen (secondary N) is 1. The predicted octanol–water partition coefficient (Wildman–Crippen LogP) is 2.18. The fourth-order valence-corrected chi connectivity index (χ4v) is 4.96. The molecule has 10 heteroatoms. The second-order valence-corrected chi connectivity index (χ2v) is 9.80. The zero-order valence-electron chi connectivity index (χ0n) is 24.3. The van der Waals surface area contributed by atoms with Crippen LogP contribution in [0.5, 0.6) is 23.0 Å². The SMILES string of the molecule is CC[NH+](CC)CCCN1C(=O)C(=O)/C(=C(/[O-])c2ccc(OC(C)C)c(F)c2)C1c1cc(OC)c(OC)c(OC)c1. The van der Waals surface area contributed by atoms with Crippen molar-refractivity contribution < 1.29 is 42.9 Å². The topological polar surface area (TPSA) is 102 Å². The van der Waals surface area contributed by atoms with Crippen molar-refractivity contribution in [2.24, 2.45) is 0 Å². The minimum atomic E-state index is -1.03. The molecule has 40 heavy (non-hydrogen) atoms. The van der Waals surface area contributed by atoms with Crippen LogP contribution in [0.1, 0.15) is 51.3 Å². The molecule has 1 unspecified atom stereocenters. The summed E-state index contributed by atoms with van der Waals surface area (Å²) in [6.07, 6.45) is 0.351. The van der Waals surface area contributed by atoms with Crippen LogP contribution >= 0.6 is 0 Å². The van der Waals surface area contributed by atoms with E-state index < -0.39 is 29.3 Å². The number of methoxy groups -OCH3 is 3. The van der Waals surface area contributed by atoms with Gasteiger partial charge >= 0.3 is 0 Å². The molecule has 0 radical (unpaired) electrons. The van der Waals surface area contributed by atoms with Crippen molar-refractivity contribution in [3.05, 3.63) is 52.8 Å². The number of carbonyl (C=O) groups excluding carboxylic acids is 2. The number of amides is 1. The summed E-state index contributed by atoms with van der Waals surface area (Å²) in [6, 6.07) is 5.99. The number of ether oxygens (including phenoxy) is 4. The molecule has 9 nitrogen and oxygen atoms in total. The summed E-state index contributed by atoms with van der Waals surface area (Å²) in [5.74, 6) is -2.22. The van der Waals surface area contributed by atoms with Crippen LogP contribution in [-0.4, -0.2) is 70.2 Å². The van der Waals surface area contributed by atoms with E-state index in [0.29, 0.717) is 29.2 Å². The van der Waals surface area contributed by atoms with E-state index in [-0.39, 0.29) is 29.5 Å². The molecule has 1 fully saturated rings. The first kappa shape index (κ1) is 30.7. The number of likely N-dealkylation sites (tertiary alicyclic amines) is 1. The summed E-state index contributed by atoms with van der Waals surface area (Å²) in [4.78, 5) is 29.5. The molecule has 1 N–H and O–H groups in total. The number of ketones is 1. The normalized spacial score (nSPS) is 16.6. The van der Waals surface area contributed by atoms with E-state index in [2.05, 4.69) is 13.8 Å². The molecule has 2 aromatic rings. The molecular formula is C30H39FN2O7. The lowest BCUT2D eigenvalue weighted by Gasteiger charge is -2.29. The zero-order chi connectivity index (χ0) is 29.6. The summed E-state index contributed by atoms with van der Waals surface area (Å²) >= 11 is 0. The third-order valence-corrected chi connectivity index (χ3v) is 7.02. The van der Waals surface area contributed by atoms with Crippen LogP contribution in [0, 0.1) is 5.82 Å². The molecule has 1 aliphatic rings. The highest BCUT2D eigenvalue weighted by molar-refractivity contribution is 6.46. The number of halogens is 1. The van der Waals surface area contributed by atoms with Crippen molar-refractivity contribution in [2.45, 2.75) is 46.3 Å². The molecule has 1 atom stereocenters. The average molecular weight is 559 g/mol. The lowest BCUT2D eigenvalue weighted by molar-refractivity contribution is -0.896. The number of hydrogen-bond acceptors (Lipinski definition) is 7. The molecule has 1 aliphatic heterocycles. The van der Waals surface area contributed by atoms with Gasteiger partial charge in [-0.3, -0.25) is 9.59 Å². The van der Waals surface area contributed by atoms with E-state index in [9.17, 15) is 19.1 Å².